The molecule has 0 bridgehead atoms. The van der Waals surface area contributed by atoms with Gasteiger partial charge in [0.05, 0.1) is 20.3 Å². The van der Waals surface area contributed by atoms with Gasteiger partial charge in [-0.3, -0.25) is 4.79 Å². The van der Waals surface area contributed by atoms with Crippen LogP contribution in [0.4, 0.5) is 0 Å². The summed E-state index contributed by atoms with van der Waals surface area (Å²) in [5.41, 5.74) is 0.693. The van der Waals surface area contributed by atoms with Crippen LogP contribution < -0.4 is 14.8 Å². The SMILES string of the molecule is COc1ccc(C(O)CNC(=O)CC2CCCC2)cc1OC. The number of aliphatic hydroxyl groups excluding tert-OH is 1. The molecule has 1 aliphatic rings. The van der Waals surface area contributed by atoms with Crippen molar-refractivity contribution < 1.29 is 19.4 Å². The van der Waals surface area contributed by atoms with Crippen molar-refractivity contribution in [1.29, 1.82) is 0 Å². The molecule has 22 heavy (non-hydrogen) atoms. The van der Waals surface area contributed by atoms with Crippen molar-refractivity contribution >= 4 is 5.91 Å². The lowest BCUT2D eigenvalue weighted by molar-refractivity contribution is -0.122. The van der Waals surface area contributed by atoms with E-state index in [1.807, 2.05) is 0 Å². The number of carbonyl (C=O) groups is 1. The molecule has 0 radical (unpaired) electrons. The first kappa shape index (κ1) is 16.6. The summed E-state index contributed by atoms with van der Waals surface area (Å²) in [6.07, 6.45) is 4.56. The van der Waals surface area contributed by atoms with Gasteiger partial charge < -0.3 is 19.9 Å². The number of hydrogen-bond donors (Lipinski definition) is 2. The minimum absolute atomic E-state index is 0.0198. The number of hydrogen-bond acceptors (Lipinski definition) is 4. The Morgan fingerprint density at radius 1 is 1.27 bits per heavy atom. The van der Waals surface area contributed by atoms with Crippen LogP contribution in [0.25, 0.3) is 0 Å². The average Bonchev–Trinajstić information content (AvgIpc) is 3.04. The lowest BCUT2D eigenvalue weighted by atomic mass is 10.0. The van der Waals surface area contributed by atoms with Crippen molar-refractivity contribution in [1.82, 2.24) is 5.32 Å². The third kappa shape index (κ3) is 4.37. The molecule has 0 aromatic heterocycles. The first-order chi connectivity index (χ1) is 10.6. The number of nitrogens with one attached hydrogen (secondary N) is 1. The predicted octanol–water partition coefficient (Wildman–Crippen LogP) is 2.43. The fourth-order valence-electron chi connectivity index (χ4n) is 2.94. The van der Waals surface area contributed by atoms with Gasteiger partial charge >= 0.3 is 0 Å². The van der Waals surface area contributed by atoms with Gasteiger partial charge in [-0.25, -0.2) is 0 Å². The van der Waals surface area contributed by atoms with E-state index in [1.54, 1.807) is 32.4 Å². The molecule has 0 saturated heterocycles. The number of methoxy groups -OCH3 is 2. The third-order valence-electron chi connectivity index (χ3n) is 4.23. The van der Waals surface area contributed by atoms with Crippen LogP contribution in [-0.2, 0) is 4.79 Å². The quantitative estimate of drug-likeness (QED) is 0.812. The molecular weight excluding hydrogens is 282 g/mol. The zero-order valence-electron chi connectivity index (χ0n) is 13.3. The summed E-state index contributed by atoms with van der Waals surface area (Å²) < 4.78 is 10.4. The number of aliphatic hydroxyl groups is 1. The molecule has 0 heterocycles. The molecule has 2 N–H and O–H groups in total. The lowest BCUT2D eigenvalue weighted by Crippen LogP contribution is -2.29. The van der Waals surface area contributed by atoms with Gasteiger partial charge in [-0.05, 0) is 36.5 Å². The van der Waals surface area contributed by atoms with Crippen LogP contribution >= 0.6 is 0 Å². The van der Waals surface area contributed by atoms with Gasteiger partial charge in [0.25, 0.3) is 0 Å². The molecule has 1 aromatic carbocycles. The second-order valence-electron chi connectivity index (χ2n) is 5.79. The van der Waals surface area contributed by atoms with Gasteiger partial charge in [-0.1, -0.05) is 18.9 Å². The van der Waals surface area contributed by atoms with Gasteiger partial charge in [0.15, 0.2) is 11.5 Å². The fourth-order valence-corrected chi connectivity index (χ4v) is 2.94. The van der Waals surface area contributed by atoms with E-state index < -0.39 is 6.10 Å². The van der Waals surface area contributed by atoms with Crippen LogP contribution in [0.3, 0.4) is 0 Å². The highest BCUT2D eigenvalue weighted by molar-refractivity contribution is 5.76. The summed E-state index contributed by atoms with van der Waals surface area (Å²) in [4.78, 5) is 11.9. The number of rotatable bonds is 7. The lowest BCUT2D eigenvalue weighted by Gasteiger charge is -2.15. The highest BCUT2D eigenvalue weighted by Crippen LogP contribution is 2.30. The number of carbonyl (C=O) groups excluding carboxylic acids is 1. The van der Waals surface area contributed by atoms with Gasteiger partial charge in [0, 0.05) is 13.0 Å². The molecule has 0 aliphatic heterocycles. The summed E-state index contributed by atoms with van der Waals surface area (Å²) >= 11 is 0. The topological polar surface area (TPSA) is 67.8 Å². The molecule has 1 unspecified atom stereocenters. The van der Waals surface area contributed by atoms with Crippen molar-refractivity contribution in [2.24, 2.45) is 5.92 Å². The Labute approximate surface area is 131 Å². The molecule has 1 aliphatic carbocycles. The fraction of sp³-hybridized carbons (Fsp3) is 0.588. The van der Waals surface area contributed by atoms with E-state index in [4.69, 9.17) is 9.47 Å². The Hall–Kier alpha value is -1.75. The van der Waals surface area contributed by atoms with E-state index in [0.29, 0.717) is 29.4 Å². The number of benzene rings is 1. The summed E-state index contributed by atoms with van der Waals surface area (Å²) in [6, 6.07) is 5.25. The number of amides is 1. The summed E-state index contributed by atoms with van der Waals surface area (Å²) in [7, 11) is 3.12. The van der Waals surface area contributed by atoms with Crippen molar-refractivity contribution in [3.8, 4) is 11.5 Å². The van der Waals surface area contributed by atoms with E-state index in [-0.39, 0.29) is 12.5 Å². The zero-order valence-corrected chi connectivity index (χ0v) is 13.3. The first-order valence-corrected chi connectivity index (χ1v) is 7.80. The monoisotopic (exact) mass is 307 g/mol. The van der Waals surface area contributed by atoms with Crippen LogP contribution in [0, 0.1) is 5.92 Å². The van der Waals surface area contributed by atoms with Gasteiger partial charge in [-0.2, -0.15) is 0 Å². The molecule has 122 valence electrons. The van der Waals surface area contributed by atoms with Crippen LogP contribution in [0.2, 0.25) is 0 Å². The Balaban J connectivity index is 1.85. The second-order valence-corrected chi connectivity index (χ2v) is 5.79. The largest absolute Gasteiger partial charge is 0.493 e. The molecule has 5 heteroatoms. The molecule has 1 saturated carbocycles. The molecular formula is C17H25NO4. The predicted molar refractivity (Wildman–Crippen MR) is 84.1 cm³/mol. The molecule has 5 nitrogen and oxygen atoms in total. The van der Waals surface area contributed by atoms with E-state index in [1.165, 1.54) is 12.8 Å². The second kappa shape index (κ2) is 8.03. The maximum atomic E-state index is 11.9. The highest BCUT2D eigenvalue weighted by atomic mass is 16.5. The first-order valence-electron chi connectivity index (χ1n) is 7.80. The Kier molecular flexibility index (Phi) is 6.07. The average molecular weight is 307 g/mol. The molecule has 1 aromatic rings. The van der Waals surface area contributed by atoms with E-state index in [9.17, 15) is 9.90 Å². The summed E-state index contributed by atoms with van der Waals surface area (Å²) in [6.45, 7) is 0.209. The van der Waals surface area contributed by atoms with E-state index in [2.05, 4.69) is 5.32 Å². The maximum absolute atomic E-state index is 11.9. The van der Waals surface area contributed by atoms with E-state index in [0.717, 1.165) is 12.8 Å². The molecule has 1 fully saturated rings. The van der Waals surface area contributed by atoms with Gasteiger partial charge in [0.2, 0.25) is 5.91 Å². The molecule has 1 amide bonds. The molecule has 0 spiro atoms. The molecule has 2 rings (SSSR count). The standard InChI is InChI=1S/C17H25NO4/c1-21-15-8-7-13(10-16(15)22-2)14(19)11-18-17(20)9-12-5-3-4-6-12/h7-8,10,12,14,19H,3-6,9,11H2,1-2H3,(H,18,20). The van der Waals surface area contributed by atoms with E-state index >= 15 is 0 Å². The Morgan fingerprint density at radius 3 is 2.59 bits per heavy atom. The van der Waals surface area contributed by atoms with Crippen LogP contribution in [0.5, 0.6) is 11.5 Å². The minimum Gasteiger partial charge on any atom is -0.493 e. The minimum atomic E-state index is -0.757. The van der Waals surface area contributed by atoms with Crippen molar-refractivity contribution in [2.75, 3.05) is 20.8 Å². The van der Waals surface area contributed by atoms with Crippen molar-refractivity contribution in [3.63, 3.8) is 0 Å². The maximum Gasteiger partial charge on any atom is 0.220 e. The van der Waals surface area contributed by atoms with Gasteiger partial charge in [-0.15, -0.1) is 0 Å². The third-order valence-corrected chi connectivity index (χ3v) is 4.23. The van der Waals surface area contributed by atoms with Crippen molar-refractivity contribution in [3.05, 3.63) is 23.8 Å². The number of ether oxygens (including phenoxy) is 2. The smallest absolute Gasteiger partial charge is 0.220 e. The van der Waals surface area contributed by atoms with Crippen LogP contribution in [0.1, 0.15) is 43.8 Å². The Morgan fingerprint density at radius 2 is 1.95 bits per heavy atom. The highest BCUT2D eigenvalue weighted by Gasteiger charge is 2.19. The molecule has 1 atom stereocenters. The van der Waals surface area contributed by atoms with Crippen molar-refractivity contribution in [2.45, 2.75) is 38.2 Å². The zero-order chi connectivity index (χ0) is 15.9. The summed E-state index contributed by atoms with van der Waals surface area (Å²) in [5.74, 6) is 1.71. The van der Waals surface area contributed by atoms with Crippen LogP contribution in [-0.4, -0.2) is 31.8 Å². The van der Waals surface area contributed by atoms with Crippen LogP contribution in [0.15, 0.2) is 18.2 Å². The summed E-state index contributed by atoms with van der Waals surface area (Å²) in [5, 5.41) is 13.0. The Bertz CT molecular complexity index is 497. The van der Waals surface area contributed by atoms with Gasteiger partial charge in [0.1, 0.15) is 0 Å². The normalized spacial score (nSPS) is 16.3.